The Morgan fingerprint density at radius 3 is 2.12 bits per heavy atom. The Balaban J connectivity index is 1.97. The zero-order valence-corrected chi connectivity index (χ0v) is 12.4. The molecule has 1 aromatic carbocycles. The summed E-state index contributed by atoms with van der Waals surface area (Å²) < 4.78 is 28.0. The predicted molar refractivity (Wildman–Crippen MR) is 71.3 cm³/mol. The van der Waals surface area contributed by atoms with Crippen molar-refractivity contribution >= 4 is 31.9 Å². The van der Waals surface area contributed by atoms with E-state index in [1.54, 1.807) is 0 Å². The van der Waals surface area contributed by atoms with E-state index in [1.807, 2.05) is 18.2 Å². The normalized spacial score (nSPS) is 20.5. The average Bonchev–Trinajstić information content (AvgIpc) is 2.20. The molecule has 0 amide bonds. The highest BCUT2D eigenvalue weighted by atomic mass is 79.9. The lowest BCUT2D eigenvalue weighted by Gasteiger charge is -2.31. The van der Waals surface area contributed by atoms with Crippen LogP contribution in [0.15, 0.2) is 27.1 Å². The molecule has 0 saturated carbocycles. The molecule has 0 bridgehead atoms. The van der Waals surface area contributed by atoms with Crippen molar-refractivity contribution in [1.29, 1.82) is 0 Å². The maximum absolute atomic E-state index is 13.0. The fourth-order valence-electron chi connectivity index (χ4n) is 2.00. The molecule has 94 valence electrons. The van der Waals surface area contributed by atoms with Gasteiger partial charge in [-0.2, -0.15) is 0 Å². The highest BCUT2D eigenvalue weighted by Gasteiger charge is 2.33. The summed E-state index contributed by atoms with van der Waals surface area (Å²) in [6.45, 7) is 1.67. The van der Waals surface area contributed by atoms with Crippen LogP contribution in [-0.2, 0) is 6.54 Å². The zero-order chi connectivity index (χ0) is 12.5. The van der Waals surface area contributed by atoms with Crippen LogP contribution in [0, 0.1) is 0 Å². The molecule has 0 unspecified atom stereocenters. The lowest BCUT2D eigenvalue weighted by atomic mass is 10.1. The van der Waals surface area contributed by atoms with Gasteiger partial charge in [0.05, 0.1) is 0 Å². The first kappa shape index (κ1) is 13.4. The van der Waals surface area contributed by atoms with Crippen LogP contribution in [0.3, 0.4) is 0 Å². The second-order valence-corrected chi connectivity index (χ2v) is 6.24. The molecule has 17 heavy (non-hydrogen) atoms. The minimum atomic E-state index is -2.46. The molecule has 1 fully saturated rings. The second kappa shape index (κ2) is 5.33. The van der Waals surface area contributed by atoms with Gasteiger partial charge in [-0.25, -0.2) is 8.78 Å². The van der Waals surface area contributed by atoms with Crippen LogP contribution >= 0.6 is 31.9 Å². The van der Waals surface area contributed by atoms with Gasteiger partial charge < -0.3 is 0 Å². The van der Waals surface area contributed by atoms with Gasteiger partial charge >= 0.3 is 0 Å². The number of piperidine rings is 1. The molecule has 0 spiro atoms. The van der Waals surface area contributed by atoms with Gasteiger partial charge in [0.25, 0.3) is 5.92 Å². The number of likely N-dealkylation sites (tertiary alicyclic amines) is 1. The van der Waals surface area contributed by atoms with Gasteiger partial charge in [-0.1, -0.05) is 31.9 Å². The molecule has 0 aliphatic carbocycles. The van der Waals surface area contributed by atoms with E-state index in [0.29, 0.717) is 13.1 Å². The average molecular weight is 369 g/mol. The van der Waals surface area contributed by atoms with Crippen molar-refractivity contribution in [2.45, 2.75) is 25.3 Å². The third-order valence-corrected chi connectivity index (χ3v) is 3.83. The summed E-state index contributed by atoms with van der Waals surface area (Å²) >= 11 is 6.85. The molecule has 0 N–H and O–H groups in total. The van der Waals surface area contributed by atoms with Crippen LogP contribution in [0.2, 0.25) is 0 Å². The zero-order valence-electron chi connectivity index (χ0n) is 9.23. The fraction of sp³-hybridized carbons (Fsp3) is 0.500. The minimum Gasteiger partial charge on any atom is -0.299 e. The predicted octanol–water partition coefficient (Wildman–Crippen LogP) is 4.44. The standard InChI is InChI=1S/C12H13Br2F2N/c13-10-5-9(6-11(14)7-10)8-17-3-1-12(15,16)2-4-17/h5-7H,1-4,8H2. The summed E-state index contributed by atoms with van der Waals surface area (Å²) in [7, 11) is 0. The Labute approximate surface area is 116 Å². The van der Waals surface area contributed by atoms with Crippen molar-refractivity contribution in [2.75, 3.05) is 13.1 Å². The Morgan fingerprint density at radius 2 is 1.59 bits per heavy atom. The van der Waals surface area contributed by atoms with Crippen LogP contribution in [0.5, 0.6) is 0 Å². The number of halogens is 4. The third kappa shape index (κ3) is 4.00. The van der Waals surface area contributed by atoms with Crippen molar-refractivity contribution < 1.29 is 8.78 Å². The fourth-order valence-corrected chi connectivity index (χ4v) is 3.39. The third-order valence-electron chi connectivity index (χ3n) is 2.92. The maximum atomic E-state index is 13.0. The van der Waals surface area contributed by atoms with Gasteiger partial charge in [-0.05, 0) is 23.8 Å². The number of rotatable bonds is 2. The summed E-state index contributed by atoms with van der Waals surface area (Å²) in [5.74, 6) is -2.46. The van der Waals surface area contributed by atoms with Crippen LogP contribution < -0.4 is 0 Å². The van der Waals surface area contributed by atoms with E-state index in [0.717, 1.165) is 21.1 Å². The van der Waals surface area contributed by atoms with Gasteiger partial charge in [0.1, 0.15) is 0 Å². The molecule has 0 aromatic heterocycles. The monoisotopic (exact) mass is 367 g/mol. The second-order valence-electron chi connectivity index (χ2n) is 4.41. The number of hydrogen-bond donors (Lipinski definition) is 0. The molecule has 0 radical (unpaired) electrons. The summed E-state index contributed by atoms with van der Waals surface area (Å²) in [5.41, 5.74) is 1.14. The maximum Gasteiger partial charge on any atom is 0.250 e. The molecular formula is C12H13Br2F2N. The Hall–Kier alpha value is -0.000000000000000111. The summed E-state index contributed by atoms with van der Waals surface area (Å²) in [6.07, 6.45) is -0.0512. The Bertz CT molecular complexity index is 379. The SMILES string of the molecule is FC1(F)CCN(Cc2cc(Br)cc(Br)c2)CC1. The first-order chi connectivity index (χ1) is 7.94. The number of benzene rings is 1. The molecule has 2 rings (SSSR count). The van der Waals surface area contributed by atoms with E-state index in [1.165, 1.54) is 0 Å². The first-order valence-electron chi connectivity index (χ1n) is 5.50. The summed E-state index contributed by atoms with van der Waals surface area (Å²) in [6, 6.07) is 6.02. The van der Waals surface area contributed by atoms with Crippen LogP contribution in [0.25, 0.3) is 0 Å². The highest BCUT2D eigenvalue weighted by molar-refractivity contribution is 9.11. The summed E-state index contributed by atoms with van der Waals surface area (Å²) in [5, 5.41) is 0. The van der Waals surface area contributed by atoms with Gasteiger partial charge in [0.15, 0.2) is 0 Å². The van der Waals surface area contributed by atoms with Crippen LogP contribution in [0.1, 0.15) is 18.4 Å². The van der Waals surface area contributed by atoms with Gasteiger partial charge in [0, 0.05) is 41.4 Å². The first-order valence-corrected chi connectivity index (χ1v) is 7.08. The molecule has 1 saturated heterocycles. The largest absolute Gasteiger partial charge is 0.299 e. The van der Waals surface area contributed by atoms with Crippen molar-refractivity contribution in [3.05, 3.63) is 32.7 Å². The Morgan fingerprint density at radius 1 is 1.06 bits per heavy atom. The number of hydrogen-bond acceptors (Lipinski definition) is 1. The molecule has 1 heterocycles. The molecule has 0 atom stereocenters. The highest BCUT2D eigenvalue weighted by Crippen LogP contribution is 2.29. The van der Waals surface area contributed by atoms with Crippen LogP contribution in [-0.4, -0.2) is 23.9 Å². The number of nitrogens with zero attached hydrogens (tertiary/aromatic N) is 1. The van der Waals surface area contributed by atoms with E-state index in [4.69, 9.17) is 0 Å². The molecule has 5 heteroatoms. The summed E-state index contributed by atoms with van der Waals surface area (Å²) in [4.78, 5) is 2.08. The van der Waals surface area contributed by atoms with E-state index in [-0.39, 0.29) is 12.8 Å². The number of alkyl halides is 2. The van der Waals surface area contributed by atoms with Gasteiger partial charge in [-0.15, -0.1) is 0 Å². The van der Waals surface area contributed by atoms with E-state index in [2.05, 4.69) is 36.8 Å². The van der Waals surface area contributed by atoms with Crippen molar-refractivity contribution in [3.8, 4) is 0 Å². The molecular weight excluding hydrogens is 356 g/mol. The molecule has 1 aliphatic rings. The molecule has 1 aliphatic heterocycles. The molecule has 1 nitrogen and oxygen atoms in total. The molecule has 1 aromatic rings. The van der Waals surface area contributed by atoms with E-state index < -0.39 is 5.92 Å². The lowest BCUT2D eigenvalue weighted by molar-refractivity contribution is -0.0566. The van der Waals surface area contributed by atoms with Crippen molar-refractivity contribution in [2.24, 2.45) is 0 Å². The van der Waals surface area contributed by atoms with Crippen molar-refractivity contribution in [1.82, 2.24) is 4.90 Å². The van der Waals surface area contributed by atoms with E-state index in [9.17, 15) is 8.78 Å². The quantitative estimate of drug-likeness (QED) is 0.745. The smallest absolute Gasteiger partial charge is 0.250 e. The van der Waals surface area contributed by atoms with Gasteiger partial charge in [-0.3, -0.25) is 4.90 Å². The topological polar surface area (TPSA) is 3.24 Å². The van der Waals surface area contributed by atoms with Crippen molar-refractivity contribution in [3.63, 3.8) is 0 Å². The van der Waals surface area contributed by atoms with Gasteiger partial charge in [0.2, 0.25) is 0 Å². The minimum absolute atomic E-state index is 0.0256. The lowest BCUT2D eigenvalue weighted by Crippen LogP contribution is -2.38. The van der Waals surface area contributed by atoms with Crippen LogP contribution in [0.4, 0.5) is 8.78 Å². The van der Waals surface area contributed by atoms with E-state index >= 15 is 0 Å². The Kier molecular flexibility index (Phi) is 4.21.